The number of carbonyl (C=O) groups excluding carboxylic acids is 1. The Bertz CT molecular complexity index is 436. The van der Waals surface area contributed by atoms with Crippen molar-refractivity contribution in [2.45, 2.75) is 13.0 Å². The number of anilines is 1. The second kappa shape index (κ2) is 5.29. The molecule has 1 rings (SSSR count). The lowest BCUT2D eigenvalue weighted by atomic mass is 10.3. The summed E-state index contributed by atoms with van der Waals surface area (Å²) in [6.07, 6.45) is 0. The van der Waals surface area contributed by atoms with E-state index in [0.29, 0.717) is 0 Å². The van der Waals surface area contributed by atoms with Gasteiger partial charge >= 0.3 is 12.0 Å². The molecule has 2 N–H and O–H groups in total. The van der Waals surface area contributed by atoms with Crippen molar-refractivity contribution in [2.75, 3.05) is 11.9 Å². The van der Waals surface area contributed by atoms with Crippen LogP contribution in [0.3, 0.4) is 0 Å². The highest BCUT2D eigenvalue weighted by atomic mass is 19.1. The zero-order chi connectivity index (χ0) is 13.0. The minimum atomic E-state index is -1.15. The number of carboxylic acid groups (broad SMARTS) is 1. The molecular weight excluding hydrogens is 227 g/mol. The second-order valence-electron chi connectivity index (χ2n) is 3.52. The third-order valence-corrected chi connectivity index (χ3v) is 2.23. The number of carbonyl (C=O) groups is 2. The van der Waals surface area contributed by atoms with Gasteiger partial charge in [0.2, 0.25) is 0 Å². The zero-order valence-corrected chi connectivity index (χ0v) is 9.48. The SMILES string of the molecule is C[C@@H](NC(=O)N(C)c1ccccc1F)C(=O)O. The van der Waals surface area contributed by atoms with E-state index in [9.17, 15) is 14.0 Å². The number of aliphatic carboxylic acids is 1. The third kappa shape index (κ3) is 3.17. The number of para-hydroxylation sites is 1. The fraction of sp³-hybridized carbons (Fsp3) is 0.273. The Morgan fingerprint density at radius 3 is 2.53 bits per heavy atom. The minimum absolute atomic E-state index is 0.0857. The molecule has 0 heterocycles. The molecule has 1 aromatic carbocycles. The summed E-state index contributed by atoms with van der Waals surface area (Å²) in [6.45, 7) is 1.33. The van der Waals surface area contributed by atoms with Crippen LogP contribution in [0.4, 0.5) is 14.9 Å². The lowest BCUT2D eigenvalue weighted by Crippen LogP contribution is -2.45. The molecule has 0 aromatic heterocycles. The molecule has 5 nitrogen and oxygen atoms in total. The Balaban J connectivity index is 2.77. The standard InChI is InChI=1S/C11H13FN2O3/c1-7(10(15)16)13-11(17)14(2)9-6-4-3-5-8(9)12/h3-7H,1-2H3,(H,13,17)(H,15,16)/t7-/m1/s1. The van der Waals surface area contributed by atoms with Crippen LogP contribution in [0.15, 0.2) is 24.3 Å². The molecule has 0 aliphatic carbocycles. The quantitative estimate of drug-likeness (QED) is 0.840. The molecular formula is C11H13FN2O3. The van der Waals surface area contributed by atoms with Crippen LogP contribution in [0.1, 0.15) is 6.92 Å². The molecule has 17 heavy (non-hydrogen) atoms. The lowest BCUT2D eigenvalue weighted by Gasteiger charge is -2.20. The highest BCUT2D eigenvalue weighted by molar-refractivity contribution is 5.93. The van der Waals surface area contributed by atoms with E-state index in [-0.39, 0.29) is 5.69 Å². The molecule has 0 unspecified atom stereocenters. The predicted octanol–water partition coefficient (Wildman–Crippen LogP) is 1.44. The van der Waals surface area contributed by atoms with Crippen LogP contribution in [0.5, 0.6) is 0 Å². The van der Waals surface area contributed by atoms with E-state index < -0.39 is 23.9 Å². The number of carboxylic acids is 1. The van der Waals surface area contributed by atoms with Gasteiger partial charge in [0.25, 0.3) is 0 Å². The van der Waals surface area contributed by atoms with Crippen LogP contribution in [0.2, 0.25) is 0 Å². The van der Waals surface area contributed by atoms with E-state index in [1.54, 1.807) is 6.07 Å². The smallest absolute Gasteiger partial charge is 0.325 e. The molecule has 0 spiro atoms. The van der Waals surface area contributed by atoms with Crippen LogP contribution in [0, 0.1) is 5.82 Å². The summed E-state index contributed by atoms with van der Waals surface area (Å²) in [4.78, 5) is 23.2. The highest BCUT2D eigenvalue weighted by Gasteiger charge is 2.19. The van der Waals surface area contributed by atoms with Gasteiger partial charge in [-0.05, 0) is 19.1 Å². The summed E-state index contributed by atoms with van der Waals surface area (Å²) >= 11 is 0. The van der Waals surface area contributed by atoms with Crippen LogP contribution < -0.4 is 10.2 Å². The van der Waals surface area contributed by atoms with Crippen molar-refractivity contribution in [3.8, 4) is 0 Å². The highest BCUT2D eigenvalue weighted by Crippen LogP contribution is 2.16. The summed E-state index contributed by atoms with van der Waals surface area (Å²) in [7, 11) is 1.36. The van der Waals surface area contributed by atoms with E-state index in [1.165, 1.54) is 32.2 Å². The van der Waals surface area contributed by atoms with E-state index in [4.69, 9.17) is 5.11 Å². The van der Waals surface area contributed by atoms with E-state index in [1.807, 2.05) is 0 Å². The number of nitrogens with zero attached hydrogens (tertiary/aromatic N) is 1. The largest absolute Gasteiger partial charge is 0.480 e. The number of hydrogen-bond donors (Lipinski definition) is 2. The van der Waals surface area contributed by atoms with Gasteiger partial charge in [0, 0.05) is 7.05 Å². The zero-order valence-electron chi connectivity index (χ0n) is 9.48. The predicted molar refractivity (Wildman–Crippen MR) is 60.4 cm³/mol. The topological polar surface area (TPSA) is 69.6 Å². The molecule has 0 aliphatic heterocycles. The monoisotopic (exact) mass is 240 g/mol. The molecule has 0 saturated heterocycles. The van der Waals surface area contributed by atoms with Gasteiger partial charge < -0.3 is 10.4 Å². The fourth-order valence-electron chi connectivity index (χ4n) is 1.18. The fourth-order valence-corrected chi connectivity index (χ4v) is 1.18. The van der Waals surface area contributed by atoms with E-state index in [0.717, 1.165) is 4.90 Å². The van der Waals surface area contributed by atoms with Gasteiger partial charge in [-0.2, -0.15) is 0 Å². The molecule has 0 bridgehead atoms. The molecule has 1 atom stereocenters. The molecule has 2 amide bonds. The van der Waals surface area contributed by atoms with E-state index >= 15 is 0 Å². The maximum Gasteiger partial charge on any atom is 0.325 e. The van der Waals surface area contributed by atoms with Gasteiger partial charge in [0.15, 0.2) is 0 Å². The van der Waals surface area contributed by atoms with Crippen molar-refractivity contribution < 1.29 is 19.1 Å². The Labute approximate surface area is 97.8 Å². The molecule has 92 valence electrons. The van der Waals surface area contributed by atoms with Gasteiger partial charge in [0.1, 0.15) is 11.9 Å². The van der Waals surface area contributed by atoms with Gasteiger partial charge in [0.05, 0.1) is 5.69 Å². The average Bonchev–Trinajstić information content (AvgIpc) is 2.28. The number of urea groups is 1. The second-order valence-corrected chi connectivity index (χ2v) is 3.52. The van der Waals surface area contributed by atoms with Gasteiger partial charge in [-0.15, -0.1) is 0 Å². The van der Waals surface area contributed by atoms with Crippen molar-refractivity contribution in [1.82, 2.24) is 5.32 Å². The minimum Gasteiger partial charge on any atom is -0.480 e. The van der Waals surface area contributed by atoms with Crippen molar-refractivity contribution >= 4 is 17.7 Å². The number of amides is 2. The molecule has 0 saturated carbocycles. The Hall–Kier alpha value is -2.11. The normalized spacial score (nSPS) is 11.7. The number of benzene rings is 1. The van der Waals surface area contributed by atoms with Gasteiger partial charge in [-0.1, -0.05) is 12.1 Å². The maximum atomic E-state index is 13.4. The first-order chi connectivity index (χ1) is 7.93. The summed E-state index contributed by atoms with van der Waals surface area (Å²) in [5, 5.41) is 10.9. The average molecular weight is 240 g/mol. The first-order valence-electron chi connectivity index (χ1n) is 4.95. The van der Waals surface area contributed by atoms with Gasteiger partial charge in [-0.25, -0.2) is 9.18 Å². The van der Waals surface area contributed by atoms with Crippen molar-refractivity contribution in [1.29, 1.82) is 0 Å². The first-order valence-corrected chi connectivity index (χ1v) is 4.95. The number of rotatable bonds is 3. The number of nitrogens with one attached hydrogen (secondary N) is 1. The van der Waals surface area contributed by atoms with Crippen LogP contribution in [-0.4, -0.2) is 30.2 Å². The lowest BCUT2D eigenvalue weighted by molar-refractivity contribution is -0.138. The number of halogens is 1. The summed E-state index contributed by atoms with van der Waals surface area (Å²) in [5.41, 5.74) is 0.0857. The van der Waals surface area contributed by atoms with Gasteiger partial charge in [-0.3, -0.25) is 9.69 Å². The van der Waals surface area contributed by atoms with Crippen molar-refractivity contribution in [3.63, 3.8) is 0 Å². The third-order valence-electron chi connectivity index (χ3n) is 2.23. The number of hydrogen-bond acceptors (Lipinski definition) is 2. The molecule has 6 heteroatoms. The molecule has 0 fully saturated rings. The Kier molecular flexibility index (Phi) is 4.03. The van der Waals surface area contributed by atoms with Crippen molar-refractivity contribution in [2.24, 2.45) is 0 Å². The summed E-state index contributed by atoms with van der Waals surface area (Å²) in [6, 6.07) is 4.04. The van der Waals surface area contributed by atoms with Crippen LogP contribution in [-0.2, 0) is 4.79 Å². The van der Waals surface area contributed by atoms with Crippen LogP contribution >= 0.6 is 0 Å². The maximum absolute atomic E-state index is 13.4. The molecule has 1 aromatic rings. The molecule has 0 aliphatic rings. The van der Waals surface area contributed by atoms with Crippen molar-refractivity contribution in [3.05, 3.63) is 30.1 Å². The molecule has 0 radical (unpaired) electrons. The Morgan fingerprint density at radius 2 is 2.00 bits per heavy atom. The first kappa shape index (κ1) is 13.0. The Morgan fingerprint density at radius 1 is 1.41 bits per heavy atom. The van der Waals surface area contributed by atoms with Crippen LogP contribution in [0.25, 0.3) is 0 Å². The summed E-state index contributed by atoms with van der Waals surface area (Å²) in [5.74, 6) is -1.70. The van der Waals surface area contributed by atoms with E-state index in [2.05, 4.69) is 5.32 Å². The summed E-state index contributed by atoms with van der Waals surface area (Å²) < 4.78 is 13.4.